The van der Waals surface area contributed by atoms with Crippen molar-refractivity contribution in [2.24, 2.45) is 0 Å². The van der Waals surface area contributed by atoms with Crippen LogP contribution in [-0.2, 0) is 12.3 Å². The average Bonchev–Trinajstić information content (AvgIpc) is 3.04. The number of benzene rings is 2. The van der Waals surface area contributed by atoms with Gasteiger partial charge in [0.15, 0.2) is 0 Å². The summed E-state index contributed by atoms with van der Waals surface area (Å²) in [5.74, 6) is 0.873. The van der Waals surface area contributed by atoms with Gasteiger partial charge in [0.2, 0.25) is 0 Å². The second kappa shape index (κ2) is 8.13. The number of carbonyl (C=O) groups is 1. The van der Waals surface area contributed by atoms with Gasteiger partial charge in [-0.25, -0.2) is 4.98 Å². The first-order valence-corrected chi connectivity index (χ1v) is 9.47. The molecule has 5 heteroatoms. The van der Waals surface area contributed by atoms with Gasteiger partial charge < -0.3 is 5.32 Å². The molecule has 3 nitrogen and oxygen atoms in total. The summed E-state index contributed by atoms with van der Waals surface area (Å²) in [7, 11) is 0. The van der Waals surface area contributed by atoms with Gasteiger partial charge in [-0.05, 0) is 36.8 Å². The highest BCUT2D eigenvalue weighted by Crippen LogP contribution is 2.23. The second-order valence-corrected chi connectivity index (χ2v) is 7.69. The Bertz CT molecular complexity index is 798. The molecule has 1 N–H and O–H groups in total. The first-order chi connectivity index (χ1) is 11.7. The molecular formula is C19H18N2OS2. The van der Waals surface area contributed by atoms with E-state index < -0.39 is 0 Å². The lowest BCUT2D eigenvalue weighted by molar-refractivity contribution is 0.0951. The average molecular weight is 354 g/mol. The monoisotopic (exact) mass is 354 g/mol. The van der Waals surface area contributed by atoms with Crippen LogP contribution in [0.1, 0.15) is 25.8 Å². The number of rotatable bonds is 6. The fourth-order valence-electron chi connectivity index (χ4n) is 2.20. The molecule has 0 saturated carbocycles. The fraction of sp³-hybridized carbons (Fsp3) is 0.158. The molecule has 0 bridgehead atoms. The van der Waals surface area contributed by atoms with E-state index in [4.69, 9.17) is 0 Å². The van der Waals surface area contributed by atoms with Gasteiger partial charge in [0.05, 0.1) is 11.6 Å². The molecule has 0 aliphatic rings. The van der Waals surface area contributed by atoms with Crippen molar-refractivity contribution in [1.82, 2.24) is 10.3 Å². The molecule has 0 aliphatic heterocycles. The number of carbonyl (C=O) groups excluding carboxylic acids is 1. The molecule has 2 aromatic carbocycles. The summed E-state index contributed by atoms with van der Waals surface area (Å²) in [5, 5.41) is 3.94. The van der Waals surface area contributed by atoms with Gasteiger partial charge in [0.1, 0.15) is 0 Å². The van der Waals surface area contributed by atoms with Crippen molar-refractivity contribution in [3.8, 4) is 0 Å². The standard InChI is InChI=1S/C19H18N2OS2/c1-14-20-11-18(24-14)12-21-19(22)16-7-9-17(10-8-16)23-13-15-5-3-2-4-6-15/h2-11H,12-13H2,1H3,(H,21,22). The van der Waals surface area contributed by atoms with Crippen LogP contribution in [0.15, 0.2) is 65.7 Å². The molecule has 0 radical (unpaired) electrons. The molecule has 0 unspecified atom stereocenters. The van der Waals surface area contributed by atoms with Crippen LogP contribution in [0.3, 0.4) is 0 Å². The van der Waals surface area contributed by atoms with Gasteiger partial charge in [-0.2, -0.15) is 0 Å². The number of amides is 1. The van der Waals surface area contributed by atoms with Gasteiger partial charge in [0, 0.05) is 27.3 Å². The van der Waals surface area contributed by atoms with Crippen LogP contribution in [0.2, 0.25) is 0 Å². The van der Waals surface area contributed by atoms with E-state index in [0.29, 0.717) is 12.1 Å². The maximum atomic E-state index is 12.2. The number of aryl methyl sites for hydroxylation is 1. The SMILES string of the molecule is Cc1ncc(CNC(=O)c2ccc(SCc3ccccc3)cc2)s1. The third kappa shape index (κ3) is 4.69. The van der Waals surface area contributed by atoms with E-state index in [2.05, 4.69) is 22.4 Å². The lowest BCUT2D eigenvalue weighted by Crippen LogP contribution is -2.22. The Morgan fingerprint density at radius 1 is 1.12 bits per heavy atom. The molecule has 1 aromatic heterocycles. The Kier molecular flexibility index (Phi) is 5.67. The van der Waals surface area contributed by atoms with Crippen LogP contribution >= 0.6 is 23.1 Å². The second-order valence-electron chi connectivity index (χ2n) is 5.33. The van der Waals surface area contributed by atoms with Crippen molar-refractivity contribution in [1.29, 1.82) is 0 Å². The summed E-state index contributed by atoms with van der Waals surface area (Å²) in [6, 6.07) is 18.1. The van der Waals surface area contributed by atoms with Crippen LogP contribution in [0.25, 0.3) is 0 Å². The zero-order valence-electron chi connectivity index (χ0n) is 13.4. The molecule has 0 fully saturated rings. The molecule has 122 valence electrons. The van der Waals surface area contributed by atoms with Crippen LogP contribution in [0.5, 0.6) is 0 Å². The molecule has 3 aromatic rings. The maximum absolute atomic E-state index is 12.2. The van der Waals surface area contributed by atoms with Gasteiger partial charge in [-0.15, -0.1) is 23.1 Å². The highest BCUT2D eigenvalue weighted by molar-refractivity contribution is 7.98. The number of thioether (sulfide) groups is 1. The highest BCUT2D eigenvalue weighted by Gasteiger charge is 2.06. The summed E-state index contributed by atoms with van der Waals surface area (Å²) in [4.78, 5) is 18.6. The summed E-state index contributed by atoms with van der Waals surface area (Å²) in [6.07, 6.45) is 1.81. The van der Waals surface area contributed by atoms with Gasteiger partial charge in [-0.3, -0.25) is 4.79 Å². The summed E-state index contributed by atoms with van der Waals surface area (Å²) in [5.41, 5.74) is 1.98. The Balaban J connectivity index is 1.52. The van der Waals surface area contributed by atoms with E-state index in [1.165, 1.54) is 5.56 Å². The van der Waals surface area contributed by atoms with E-state index in [-0.39, 0.29) is 5.91 Å². The molecule has 0 atom stereocenters. The zero-order chi connectivity index (χ0) is 16.8. The number of hydrogen-bond donors (Lipinski definition) is 1. The lowest BCUT2D eigenvalue weighted by Gasteiger charge is -2.05. The molecule has 24 heavy (non-hydrogen) atoms. The van der Waals surface area contributed by atoms with E-state index in [1.54, 1.807) is 23.1 Å². The number of nitrogens with zero attached hydrogens (tertiary/aromatic N) is 1. The topological polar surface area (TPSA) is 42.0 Å². The molecule has 1 amide bonds. The number of aromatic nitrogens is 1. The number of thiazole rings is 1. The Labute approximate surface area is 150 Å². The van der Waals surface area contributed by atoms with E-state index in [0.717, 1.165) is 20.5 Å². The first kappa shape index (κ1) is 16.7. The first-order valence-electron chi connectivity index (χ1n) is 7.67. The normalized spacial score (nSPS) is 10.5. The van der Waals surface area contributed by atoms with E-state index >= 15 is 0 Å². The van der Waals surface area contributed by atoms with E-state index in [1.807, 2.05) is 55.6 Å². The van der Waals surface area contributed by atoms with Crippen LogP contribution in [0, 0.1) is 6.92 Å². The van der Waals surface area contributed by atoms with Crippen LogP contribution in [-0.4, -0.2) is 10.9 Å². The minimum absolute atomic E-state index is 0.0549. The number of nitrogens with one attached hydrogen (secondary N) is 1. The lowest BCUT2D eigenvalue weighted by atomic mass is 10.2. The van der Waals surface area contributed by atoms with Crippen molar-refractivity contribution in [2.75, 3.05) is 0 Å². The molecule has 0 saturated heterocycles. The smallest absolute Gasteiger partial charge is 0.251 e. The van der Waals surface area contributed by atoms with Crippen molar-refractivity contribution in [2.45, 2.75) is 24.1 Å². The molecule has 0 spiro atoms. The largest absolute Gasteiger partial charge is 0.347 e. The molecule has 1 heterocycles. The minimum atomic E-state index is -0.0549. The molecule has 0 aliphatic carbocycles. The fourth-order valence-corrected chi connectivity index (χ4v) is 3.79. The third-order valence-corrected chi connectivity index (χ3v) is 5.45. The Morgan fingerprint density at radius 2 is 1.88 bits per heavy atom. The van der Waals surface area contributed by atoms with Crippen molar-refractivity contribution in [3.05, 3.63) is 81.8 Å². The molecular weight excluding hydrogens is 336 g/mol. The van der Waals surface area contributed by atoms with E-state index in [9.17, 15) is 4.79 Å². The van der Waals surface area contributed by atoms with Crippen molar-refractivity contribution in [3.63, 3.8) is 0 Å². The summed E-state index contributed by atoms with van der Waals surface area (Å²) in [6.45, 7) is 2.48. The third-order valence-electron chi connectivity index (χ3n) is 3.46. The minimum Gasteiger partial charge on any atom is -0.347 e. The van der Waals surface area contributed by atoms with Crippen LogP contribution in [0.4, 0.5) is 0 Å². The molecule has 3 rings (SSSR count). The van der Waals surface area contributed by atoms with Gasteiger partial charge in [-0.1, -0.05) is 30.3 Å². The Hall–Kier alpha value is -2.11. The van der Waals surface area contributed by atoms with Gasteiger partial charge in [0.25, 0.3) is 5.91 Å². The van der Waals surface area contributed by atoms with Crippen molar-refractivity contribution < 1.29 is 4.79 Å². The quantitative estimate of drug-likeness (QED) is 0.654. The summed E-state index contributed by atoms with van der Waals surface area (Å²) < 4.78 is 0. The summed E-state index contributed by atoms with van der Waals surface area (Å²) >= 11 is 3.37. The highest BCUT2D eigenvalue weighted by atomic mass is 32.2. The maximum Gasteiger partial charge on any atom is 0.251 e. The predicted octanol–water partition coefficient (Wildman–Crippen LogP) is 4.67. The Morgan fingerprint density at radius 3 is 2.54 bits per heavy atom. The zero-order valence-corrected chi connectivity index (χ0v) is 15.0. The van der Waals surface area contributed by atoms with Crippen molar-refractivity contribution >= 4 is 29.0 Å². The van der Waals surface area contributed by atoms with Gasteiger partial charge >= 0.3 is 0 Å². The van der Waals surface area contributed by atoms with Crippen LogP contribution < -0.4 is 5.32 Å². The number of hydrogen-bond acceptors (Lipinski definition) is 4. The predicted molar refractivity (Wildman–Crippen MR) is 100 cm³/mol.